The highest BCUT2D eigenvalue weighted by Gasteiger charge is 2.26. The van der Waals surface area contributed by atoms with E-state index < -0.39 is 6.10 Å². The van der Waals surface area contributed by atoms with E-state index in [1.807, 2.05) is 0 Å². The highest BCUT2D eigenvalue weighted by molar-refractivity contribution is 8.00. The Bertz CT molecular complexity index is 432. The van der Waals surface area contributed by atoms with Gasteiger partial charge in [0.25, 0.3) is 0 Å². The van der Waals surface area contributed by atoms with Crippen LogP contribution in [0.4, 0.5) is 4.39 Å². The Hall–Kier alpha value is -1.07. The number of carbonyl (C=O) groups excluding carboxylic acids is 1. The van der Waals surface area contributed by atoms with E-state index in [0.29, 0.717) is 5.56 Å². The minimum atomic E-state index is -0.823. The summed E-state index contributed by atoms with van der Waals surface area (Å²) in [5, 5.41) is 13.0. The van der Waals surface area contributed by atoms with Crippen molar-refractivity contribution in [2.45, 2.75) is 37.2 Å². The van der Waals surface area contributed by atoms with Crippen molar-refractivity contribution in [1.82, 2.24) is 5.32 Å². The van der Waals surface area contributed by atoms with E-state index in [9.17, 15) is 14.3 Å². The Balaban J connectivity index is 1.93. The van der Waals surface area contributed by atoms with Crippen LogP contribution in [0.5, 0.6) is 0 Å². The largest absolute Gasteiger partial charge is 0.386 e. The van der Waals surface area contributed by atoms with Gasteiger partial charge < -0.3 is 10.4 Å². The second-order valence-electron chi connectivity index (χ2n) is 4.80. The van der Waals surface area contributed by atoms with Crippen molar-refractivity contribution in [3.8, 4) is 0 Å². The molecule has 0 aromatic heterocycles. The number of rotatable bonds is 4. The number of carbonyl (C=O) groups is 1. The van der Waals surface area contributed by atoms with E-state index in [2.05, 4.69) is 5.32 Å². The van der Waals surface area contributed by atoms with E-state index in [1.54, 1.807) is 18.7 Å². The first-order chi connectivity index (χ1) is 9.08. The molecule has 3 atom stereocenters. The average molecular weight is 283 g/mol. The normalized spacial score (nSPS) is 21.9. The van der Waals surface area contributed by atoms with Gasteiger partial charge in [0.1, 0.15) is 5.82 Å². The monoisotopic (exact) mass is 283 g/mol. The third-order valence-corrected chi connectivity index (χ3v) is 4.65. The molecule has 1 fully saturated rings. The van der Waals surface area contributed by atoms with Crippen molar-refractivity contribution >= 4 is 17.7 Å². The lowest BCUT2D eigenvalue weighted by Gasteiger charge is -2.22. The van der Waals surface area contributed by atoms with Gasteiger partial charge in [0.05, 0.1) is 17.4 Å². The molecule has 0 spiro atoms. The molecule has 19 heavy (non-hydrogen) atoms. The molecule has 0 radical (unpaired) electrons. The fourth-order valence-electron chi connectivity index (χ4n) is 2.13. The van der Waals surface area contributed by atoms with Crippen LogP contribution in [-0.2, 0) is 4.79 Å². The molecular formula is C14H18FNO2S. The van der Waals surface area contributed by atoms with Crippen molar-refractivity contribution in [2.24, 2.45) is 0 Å². The quantitative estimate of drug-likeness (QED) is 0.891. The Labute approximate surface area is 116 Å². The highest BCUT2D eigenvalue weighted by Crippen LogP contribution is 2.26. The molecule has 1 aliphatic heterocycles. The molecule has 1 saturated heterocycles. The van der Waals surface area contributed by atoms with Gasteiger partial charge in [-0.25, -0.2) is 4.39 Å². The number of halogens is 1. The van der Waals surface area contributed by atoms with Gasteiger partial charge in [-0.05, 0) is 43.2 Å². The maximum absolute atomic E-state index is 12.8. The van der Waals surface area contributed by atoms with Crippen LogP contribution in [-0.4, -0.2) is 28.1 Å². The lowest BCUT2D eigenvalue weighted by Crippen LogP contribution is -2.41. The van der Waals surface area contributed by atoms with Crippen LogP contribution in [0.3, 0.4) is 0 Å². The summed E-state index contributed by atoms with van der Waals surface area (Å²) in [5.74, 6) is 0.665. The first kappa shape index (κ1) is 14.3. The zero-order valence-electron chi connectivity index (χ0n) is 10.8. The number of aliphatic hydroxyl groups excluding tert-OH is 1. The van der Waals surface area contributed by atoms with Gasteiger partial charge in [0, 0.05) is 0 Å². The van der Waals surface area contributed by atoms with E-state index in [1.165, 1.54) is 24.3 Å². The standard InChI is InChI=1S/C14H18FNO2S/c1-9(16-14(18)12-3-2-8-19-12)13(17)10-4-6-11(15)7-5-10/h4-7,9,12-13,17H,2-3,8H2,1H3,(H,16,18). The summed E-state index contributed by atoms with van der Waals surface area (Å²) in [6, 6.07) is 5.29. The van der Waals surface area contributed by atoms with Crippen LogP contribution in [0.1, 0.15) is 31.4 Å². The lowest BCUT2D eigenvalue weighted by molar-refractivity contribution is -0.122. The van der Waals surface area contributed by atoms with Crippen molar-refractivity contribution in [3.63, 3.8) is 0 Å². The van der Waals surface area contributed by atoms with Crippen LogP contribution in [0.15, 0.2) is 24.3 Å². The molecule has 0 saturated carbocycles. The zero-order chi connectivity index (χ0) is 13.8. The van der Waals surface area contributed by atoms with Crippen LogP contribution < -0.4 is 5.32 Å². The van der Waals surface area contributed by atoms with Crippen molar-refractivity contribution < 1.29 is 14.3 Å². The molecule has 2 N–H and O–H groups in total. The molecule has 5 heteroatoms. The van der Waals surface area contributed by atoms with Gasteiger partial charge in [0.2, 0.25) is 5.91 Å². The topological polar surface area (TPSA) is 49.3 Å². The minimum Gasteiger partial charge on any atom is -0.386 e. The molecule has 3 unspecified atom stereocenters. The molecule has 1 aliphatic rings. The Morgan fingerprint density at radius 1 is 1.47 bits per heavy atom. The van der Waals surface area contributed by atoms with Gasteiger partial charge in [-0.2, -0.15) is 0 Å². The van der Waals surface area contributed by atoms with Gasteiger partial charge in [-0.3, -0.25) is 4.79 Å². The zero-order valence-corrected chi connectivity index (χ0v) is 11.6. The van der Waals surface area contributed by atoms with E-state index >= 15 is 0 Å². The number of aliphatic hydroxyl groups is 1. The summed E-state index contributed by atoms with van der Waals surface area (Å²) in [6.07, 6.45) is 1.14. The molecule has 0 aliphatic carbocycles. The fourth-order valence-corrected chi connectivity index (χ4v) is 3.30. The van der Waals surface area contributed by atoms with Crippen LogP contribution in [0.2, 0.25) is 0 Å². The van der Waals surface area contributed by atoms with Crippen molar-refractivity contribution in [3.05, 3.63) is 35.6 Å². The Morgan fingerprint density at radius 3 is 2.74 bits per heavy atom. The average Bonchev–Trinajstić information content (AvgIpc) is 2.92. The van der Waals surface area contributed by atoms with E-state index in [4.69, 9.17) is 0 Å². The third-order valence-electron chi connectivity index (χ3n) is 3.28. The van der Waals surface area contributed by atoms with E-state index in [0.717, 1.165) is 18.6 Å². The molecule has 1 heterocycles. The molecule has 3 nitrogen and oxygen atoms in total. The molecule has 0 bridgehead atoms. The number of benzene rings is 1. The third kappa shape index (κ3) is 3.70. The van der Waals surface area contributed by atoms with Gasteiger partial charge in [-0.1, -0.05) is 12.1 Å². The summed E-state index contributed by atoms with van der Waals surface area (Å²) in [6.45, 7) is 1.76. The second-order valence-corrected chi connectivity index (χ2v) is 6.11. The fraction of sp³-hybridized carbons (Fsp3) is 0.500. The smallest absolute Gasteiger partial charge is 0.233 e. The van der Waals surface area contributed by atoms with Crippen molar-refractivity contribution in [1.29, 1.82) is 0 Å². The molecular weight excluding hydrogens is 265 g/mol. The SMILES string of the molecule is CC(NC(=O)C1CCCS1)C(O)c1ccc(F)cc1. The number of thioether (sulfide) groups is 1. The number of hydrogen-bond donors (Lipinski definition) is 2. The van der Waals surface area contributed by atoms with E-state index in [-0.39, 0.29) is 23.0 Å². The molecule has 104 valence electrons. The lowest BCUT2D eigenvalue weighted by atomic mass is 10.0. The van der Waals surface area contributed by atoms with Crippen LogP contribution in [0, 0.1) is 5.82 Å². The van der Waals surface area contributed by atoms with Gasteiger partial charge in [0.15, 0.2) is 0 Å². The first-order valence-corrected chi connectivity index (χ1v) is 7.48. The summed E-state index contributed by atoms with van der Waals surface area (Å²) >= 11 is 1.66. The first-order valence-electron chi connectivity index (χ1n) is 6.43. The van der Waals surface area contributed by atoms with Crippen LogP contribution in [0.25, 0.3) is 0 Å². The minimum absolute atomic E-state index is 0.00266. The molecule has 2 rings (SSSR count). The predicted octanol–water partition coefficient (Wildman–Crippen LogP) is 2.26. The predicted molar refractivity (Wildman–Crippen MR) is 74.4 cm³/mol. The van der Waals surface area contributed by atoms with Crippen molar-refractivity contribution in [2.75, 3.05) is 5.75 Å². The maximum atomic E-state index is 12.8. The highest BCUT2D eigenvalue weighted by atomic mass is 32.2. The van der Waals surface area contributed by atoms with Gasteiger partial charge in [-0.15, -0.1) is 11.8 Å². The Morgan fingerprint density at radius 2 is 2.16 bits per heavy atom. The summed E-state index contributed by atoms with van der Waals surface area (Å²) in [4.78, 5) is 11.9. The summed E-state index contributed by atoms with van der Waals surface area (Å²) in [7, 11) is 0. The summed E-state index contributed by atoms with van der Waals surface area (Å²) in [5.41, 5.74) is 0.605. The van der Waals surface area contributed by atoms with Gasteiger partial charge >= 0.3 is 0 Å². The number of nitrogens with one attached hydrogen (secondary N) is 1. The summed E-state index contributed by atoms with van der Waals surface area (Å²) < 4.78 is 12.8. The Kier molecular flexibility index (Phi) is 4.82. The maximum Gasteiger partial charge on any atom is 0.233 e. The number of hydrogen-bond acceptors (Lipinski definition) is 3. The second kappa shape index (κ2) is 6.39. The number of amides is 1. The molecule has 1 aromatic rings. The molecule has 1 aromatic carbocycles. The molecule has 1 amide bonds. The van der Waals surface area contributed by atoms with Crippen LogP contribution >= 0.6 is 11.8 Å².